The molecule has 0 aliphatic carbocycles. The lowest BCUT2D eigenvalue weighted by molar-refractivity contribution is 0.255. The number of nitrogens with one attached hydrogen (secondary N) is 1. The summed E-state index contributed by atoms with van der Waals surface area (Å²) in [5.74, 6) is 2.77. The van der Waals surface area contributed by atoms with E-state index in [4.69, 9.17) is 4.98 Å². The SMILES string of the molecule is C[C@H]1CC[SH]2(c3ccc4sc(C5CCN(C)CC5)nc4c3)(C=C2)NC1. The predicted molar refractivity (Wildman–Crippen MR) is 112 cm³/mol. The van der Waals surface area contributed by atoms with Crippen LogP contribution in [0, 0.1) is 5.92 Å². The minimum Gasteiger partial charge on any atom is -0.306 e. The van der Waals surface area contributed by atoms with Gasteiger partial charge in [0.2, 0.25) is 0 Å². The molecule has 2 saturated heterocycles. The molecule has 3 aliphatic heterocycles. The van der Waals surface area contributed by atoms with Gasteiger partial charge in [-0.15, -0.1) is 11.3 Å². The molecule has 1 aromatic carbocycles. The predicted octanol–water partition coefficient (Wildman–Crippen LogP) is 4.57. The van der Waals surface area contributed by atoms with Crippen LogP contribution in [0.1, 0.15) is 37.1 Å². The lowest BCUT2D eigenvalue weighted by atomic mass is 9.98. The Balaban J connectivity index is 1.47. The van der Waals surface area contributed by atoms with E-state index in [1.54, 1.807) is 0 Å². The van der Waals surface area contributed by atoms with E-state index in [-0.39, 0.29) is 0 Å². The molecule has 3 aliphatic rings. The van der Waals surface area contributed by atoms with Gasteiger partial charge in [0.15, 0.2) is 0 Å². The maximum absolute atomic E-state index is 5.09. The highest BCUT2D eigenvalue weighted by atomic mass is 32.3. The van der Waals surface area contributed by atoms with Crippen LogP contribution in [0.25, 0.3) is 10.2 Å². The van der Waals surface area contributed by atoms with Crippen molar-refractivity contribution < 1.29 is 0 Å². The van der Waals surface area contributed by atoms with E-state index in [0.29, 0.717) is 5.92 Å². The Morgan fingerprint density at radius 2 is 2.00 bits per heavy atom. The van der Waals surface area contributed by atoms with Gasteiger partial charge in [-0.3, -0.25) is 4.72 Å². The largest absolute Gasteiger partial charge is 0.306 e. The van der Waals surface area contributed by atoms with E-state index in [9.17, 15) is 0 Å². The summed E-state index contributed by atoms with van der Waals surface area (Å²) in [5, 5.41) is 6.37. The summed E-state index contributed by atoms with van der Waals surface area (Å²) in [4.78, 5) is 9.04. The van der Waals surface area contributed by atoms with Crippen LogP contribution in [0.2, 0.25) is 0 Å². The second kappa shape index (κ2) is 5.56. The zero-order valence-electron chi connectivity index (χ0n) is 15.2. The molecule has 1 aromatic heterocycles. The van der Waals surface area contributed by atoms with Crippen molar-refractivity contribution >= 4 is 30.9 Å². The second-order valence-corrected chi connectivity index (χ2v) is 14.4. The van der Waals surface area contributed by atoms with Gasteiger partial charge in [0, 0.05) is 12.5 Å². The molecule has 2 aromatic rings. The number of likely N-dealkylation sites (tertiary alicyclic amines) is 1. The number of hydrogen-bond donors (Lipinski definition) is 2. The van der Waals surface area contributed by atoms with Crippen molar-refractivity contribution in [3.63, 3.8) is 0 Å². The molecule has 0 unspecified atom stereocenters. The Hall–Kier alpha value is -0.880. The fraction of sp³-hybridized carbons (Fsp3) is 0.550. The molecule has 1 N–H and O–H groups in total. The summed E-state index contributed by atoms with van der Waals surface area (Å²) in [7, 11) is 0.240. The number of thiazole rings is 1. The van der Waals surface area contributed by atoms with Crippen molar-refractivity contribution in [1.82, 2.24) is 14.6 Å². The third kappa shape index (κ3) is 2.59. The van der Waals surface area contributed by atoms with Crippen LogP contribution < -0.4 is 4.72 Å². The monoisotopic (exact) mass is 375 g/mol. The third-order valence-corrected chi connectivity index (χ3v) is 12.8. The topological polar surface area (TPSA) is 28.2 Å². The fourth-order valence-electron chi connectivity index (χ4n) is 4.50. The molecule has 5 rings (SSSR count). The number of piperidine rings is 1. The van der Waals surface area contributed by atoms with Crippen LogP contribution in [-0.4, -0.2) is 42.3 Å². The number of rotatable bonds is 2. The molecule has 0 radical (unpaired) electrons. The highest BCUT2D eigenvalue weighted by Gasteiger charge is 2.48. The number of fused-ring (bicyclic) bond motifs is 1. The normalized spacial score (nSPS) is 30.3. The van der Waals surface area contributed by atoms with Crippen molar-refractivity contribution in [3.05, 3.63) is 34.0 Å². The van der Waals surface area contributed by atoms with Gasteiger partial charge >= 0.3 is 0 Å². The summed E-state index contributed by atoms with van der Waals surface area (Å²) in [6.07, 6.45) is 3.85. The smallest absolute Gasteiger partial charge is 0.0970 e. The maximum atomic E-state index is 5.09. The van der Waals surface area contributed by atoms with Crippen LogP contribution in [0.3, 0.4) is 0 Å². The van der Waals surface area contributed by atoms with Gasteiger partial charge in [0.25, 0.3) is 0 Å². The molecule has 0 bridgehead atoms. The summed E-state index contributed by atoms with van der Waals surface area (Å²) in [6.45, 7) is 5.92. The molecule has 136 valence electrons. The average Bonchev–Trinajstić information content (AvgIpc) is 3.19. The van der Waals surface area contributed by atoms with Gasteiger partial charge in [0.1, 0.15) is 0 Å². The zero-order chi connectivity index (χ0) is 17.1. The molecule has 4 heterocycles. The maximum Gasteiger partial charge on any atom is 0.0970 e. The van der Waals surface area contributed by atoms with Crippen molar-refractivity contribution in [2.24, 2.45) is 5.92 Å². The van der Waals surface area contributed by atoms with Gasteiger partial charge in [-0.05, 0) is 85.0 Å². The first-order chi connectivity index (χ1) is 12.1. The van der Waals surface area contributed by atoms with Gasteiger partial charge in [0.05, 0.1) is 15.2 Å². The van der Waals surface area contributed by atoms with E-state index in [1.807, 2.05) is 11.3 Å². The molecule has 25 heavy (non-hydrogen) atoms. The minimum absolute atomic E-state index is 0.661. The Morgan fingerprint density at radius 3 is 2.68 bits per heavy atom. The molecule has 1 atom stereocenters. The number of hydrogen-bond acceptors (Lipinski definition) is 4. The lowest BCUT2D eigenvalue weighted by Gasteiger charge is -2.52. The van der Waals surface area contributed by atoms with Crippen LogP contribution in [0.15, 0.2) is 33.9 Å². The molecule has 3 nitrogen and oxygen atoms in total. The average molecular weight is 376 g/mol. The molecule has 0 amide bonds. The first kappa shape index (κ1) is 16.3. The molecule has 0 saturated carbocycles. The molecular weight excluding hydrogens is 346 g/mol. The van der Waals surface area contributed by atoms with Crippen LogP contribution in [0.4, 0.5) is 0 Å². The van der Waals surface area contributed by atoms with Crippen molar-refractivity contribution in [2.75, 3.05) is 32.4 Å². The standard InChI is InChI=1S/C20H29N3S2/c1-15-7-10-25(11-12-25,21-14-15)17-3-4-19-18(13-17)22-20(24-19)16-5-8-23(2)9-6-16/h3-4,11-13,15-16,21,25H,5-10,14H2,1-2H3/t15-/m0/s1. The Kier molecular flexibility index (Phi) is 3.62. The number of benzene rings is 1. The highest BCUT2D eigenvalue weighted by Crippen LogP contribution is 2.85. The van der Waals surface area contributed by atoms with Gasteiger partial charge in [-0.1, -0.05) is 6.92 Å². The van der Waals surface area contributed by atoms with Crippen LogP contribution in [0.5, 0.6) is 0 Å². The Labute approximate surface area is 154 Å². The summed E-state index contributed by atoms with van der Waals surface area (Å²) < 4.78 is 5.34. The highest BCUT2D eigenvalue weighted by molar-refractivity contribution is 8.57. The number of aromatic nitrogens is 1. The first-order valence-corrected chi connectivity index (χ1v) is 13.0. The summed E-state index contributed by atoms with van der Waals surface area (Å²) >= 11 is 1.92. The van der Waals surface area contributed by atoms with E-state index in [2.05, 4.69) is 52.6 Å². The molecular formula is C20H29N3S2. The van der Waals surface area contributed by atoms with E-state index < -0.39 is 9.35 Å². The molecule has 2 fully saturated rings. The van der Waals surface area contributed by atoms with Crippen molar-refractivity contribution in [3.8, 4) is 0 Å². The summed E-state index contributed by atoms with van der Waals surface area (Å²) in [6, 6.07) is 7.13. The Morgan fingerprint density at radius 1 is 1.20 bits per heavy atom. The number of thiol groups is 1. The molecule has 5 heteroatoms. The lowest BCUT2D eigenvalue weighted by Crippen LogP contribution is -2.36. The Bertz CT molecular complexity index is 830. The quantitative estimate of drug-likeness (QED) is 0.754. The van der Waals surface area contributed by atoms with Crippen LogP contribution in [-0.2, 0) is 0 Å². The van der Waals surface area contributed by atoms with E-state index >= 15 is 0 Å². The minimum atomic E-state index is -1.99. The van der Waals surface area contributed by atoms with Gasteiger partial charge in [-0.2, -0.15) is 9.35 Å². The second-order valence-electron chi connectivity index (χ2n) is 8.52. The molecule has 1 spiro atoms. The summed E-state index contributed by atoms with van der Waals surface area (Å²) in [5.41, 5.74) is 1.23. The van der Waals surface area contributed by atoms with Gasteiger partial charge < -0.3 is 4.90 Å². The number of nitrogens with zero attached hydrogens (tertiary/aromatic N) is 2. The zero-order valence-corrected chi connectivity index (χ0v) is 17.0. The fourth-order valence-corrected chi connectivity index (χ4v) is 10.6. The van der Waals surface area contributed by atoms with Crippen LogP contribution >= 0.6 is 20.7 Å². The van der Waals surface area contributed by atoms with E-state index in [0.717, 1.165) is 12.5 Å². The third-order valence-electron chi connectivity index (χ3n) is 6.64. The van der Waals surface area contributed by atoms with E-state index in [1.165, 1.54) is 58.2 Å². The van der Waals surface area contributed by atoms with Crippen molar-refractivity contribution in [2.45, 2.75) is 37.0 Å². The van der Waals surface area contributed by atoms with Crippen molar-refractivity contribution in [1.29, 1.82) is 0 Å². The first-order valence-electron chi connectivity index (χ1n) is 9.64. The van der Waals surface area contributed by atoms with Gasteiger partial charge in [-0.25, -0.2) is 4.98 Å².